The van der Waals surface area contributed by atoms with Gasteiger partial charge in [-0.1, -0.05) is 38.0 Å². The van der Waals surface area contributed by atoms with Gasteiger partial charge in [-0.2, -0.15) is 5.10 Å². The minimum Gasteiger partial charge on any atom is -0.372 e. The molecule has 2 aliphatic carbocycles. The SMILES string of the molecule is CC1C=CC(C2=CC=CNC3=C2C2NC2=C(c2[nH]nc4ncc(-c5cncc(CNCC6CCCC6)c5)c(F)c24)N3)=CC1F. The topological polar surface area (TPSA) is 112 Å². The van der Waals surface area contributed by atoms with E-state index in [9.17, 15) is 4.39 Å². The third kappa shape index (κ3) is 4.73. The van der Waals surface area contributed by atoms with Gasteiger partial charge in [0.1, 0.15) is 17.8 Å². The minimum atomic E-state index is -1.04. The highest BCUT2D eigenvalue weighted by atomic mass is 19.1. The number of nitrogens with zero attached hydrogens (tertiary/aromatic N) is 3. The van der Waals surface area contributed by atoms with Crippen LogP contribution in [0.5, 0.6) is 0 Å². The van der Waals surface area contributed by atoms with Crippen LogP contribution in [0.25, 0.3) is 27.9 Å². The Bertz CT molecular complexity index is 1840. The van der Waals surface area contributed by atoms with E-state index >= 15 is 4.39 Å². The van der Waals surface area contributed by atoms with E-state index < -0.39 is 12.0 Å². The maximum Gasteiger partial charge on any atom is 0.184 e. The summed E-state index contributed by atoms with van der Waals surface area (Å²) in [5, 5.41) is 21.5. The number of halogens is 2. The van der Waals surface area contributed by atoms with Crippen molar-refractivity contribution in [2.45, 2.75) is 51.4 Å². The molecule has 3 aliphatic heterocycles. The van der Waals surface area contributed by atoms with Crippen LogP contribution in [-0.4, -0.2) is 38.9 Å². The fourth-order valence-electron chi connectivity index (χ4n) is 6.79. The number of dihydropyridines is 1. The molecule has 3 unspecified atom stereocenters. The van der Waals surface area contributed by atoms with Gasteiger partial charge in [-0.25, -0.2) is 13.8 Å². The lowest BCUT2D eigenvalue weighted by atomic mass is 9.87. The Kier molecular flexibility index (Phi) is 6.66. The maximum atomic E-state index is 16.4. The minimum absolute atomic E-state index is 0.109. The van der Waals surface area contributed by atoms with Crippen molar-refractivity contribution in [3.63, 3.8) is 0 Å². The highest BCUT2D eigenvalue weighted by Crippen LogP contribution is 2.44. The van der Waals surface area contributed by atoms with E-state index in [1.807, 2.05) is 49.7 Å². The van der Waals surface area contributed by atoms with E-state index in [2.05, 4.69) is 41.4 Å². The van der Waals surface area contributed by atoms with Gasteiger partial charge < -0.3 is 21.3 Å². The standard InChI is InChI=1S/C34H34F2N8/c1-18-8-9-21(12-25(18)35)23-7-4-10-39-33-26(23)29-31(41-29)32(42-33)30-27-28(36)24(17-40-34(27)44-43-30)22-11-20(15-38-16-22)14-37-13-19-5-2-3-6-19/h4,7-12,15-19,25,29,37,39,41-42H,2-3,5-6,13-14H2,1H3,(H,40,43,44). The molecule has 0 bridgehead atoms. The van der Waals surface area contributed by atoms with Crippen molar-refractivity contribution < 1.29 is 8.78 Å². The molecule has 10 heteroatoms. The highest BCUT2D eigenvalue weighted by molar-refractivity contribution is 5.94. The Morgan fingerprint density at radius 3 is 2.89 bits per heavy atom. The molecule has 8 nitrogen and oxygen atoms in total. The normalized spacial score (nSPS) is 24.3. The molecule has 44 heavy (non-hydrogen) atoms. The number of rotatable bonds is 7. The van der Waals surface area contributed by atoms with Crippen molar-refractivity contribution in [1.82, 2.24) is 41.4 Å². The van der Waals surface area contributed by atoms with Gasteiger partial charge >= 0.3 is 0 Å². The molecule has 2 fully saturated rings. The average Bonchev–Trinajstić information content (AvgIpc) is 3.52. The van der Waals surface area contributed by atoms with Crippen molar-refractivity contribution >= 4 is 16.7 Å². The van der Waals surface area contributed by atoms with Crippen LogP contribution in [0.15, 0.2) is 89.5 Å². The second-order valence-electron chi connectivity index (χ2n) is 12.3. The van der Waals surface area contributed by atoms with Crippen molar-refractivity contribution in [2.75, 3.05) is 6.54 Å². The van der Waals surface area contributed by atoms with Gasteiger partial charge in [-0.15, -0.1) is 0 Å². The molecule has 1 saturated carbocycles. The predicted octanol–water partition coefficient (Wildman–Crippen LogP) is 5.41. The first-order valence-corrected chi connectivity index (χ1v) is 15.4. The van der Waals surface area contributed by atoms with E-state index in [0.29, 0.717) is 40.1 Å². The number of hydrogen-bond acceptors (Lipinski definition) is 7. The van der Waals surface area contributed by atoms with Gasteiger partial charge in [0.25, 0.3) is 0 Å². The molecular formula is C34H34F2N8. The number of alkyl halides is 1. The van der Waals surface area contributed by atoms with E-state index in [0.717, 1.165) is 46.3 Å². The van der Waals surface area contributed by atoms with Gasteiger partial charge in [0.2, 0.25) is 0 Å². The number of allylic oxidation sites excluding steroid dienone is 6. The third-order valence-corrected chi connectivity index (χ3v) is 9.30. The summed E-state index contributed by atoms with van der Waals surface area (Å²) in [6.07, 6.45) is 20.5. The van der Waals surface area contributed by atoms with Crippen LogP contribution >= 0.6 is 0 Å². The molecule has 3 atom stereocenters. The van der Waals surface area contributed by atoms with Crippen LogP contribution in [0.2, 0.25) is 0 Å². The Hall–Kier alpha value is -4.57. The first-order valence-electron chi connectivity index (χ1n) is 15.4. The van der Waals surface area contributed by atoms with Crippen molar-refractivity contribution in [1.29, 1.82) is 0 Å². The van der Waals surface area contributed by atoms with Crippen molar-refractivity contribution in [3.8, 4) is 11.1 Å². The van der Waals surface area contributed by atoms with Crippen molar-refractivity contribution in [3.05, 3.63) is 107 Å². The van der Waals surface area contributed by atoms with E-state index in [1.165, 1.54) is 31.9 Å². The average molecular weight is 593 g/mol. The summed E-state index contributed by atoms with van der Waals surface area (Å²) < 4.78 is 31.0. The summed E-state index contributed by atoms with van der Waals surface area (Å²) >= 11 is 0. The monoisotopic (exact) mass is 592 g/mol. The van der Waals surface area contributed by atoms with Crippen LogP contribution in [0, 0.1) is 17.7 Å². The lowest BCUT2D eigenvalue weighted by Gasteiger charge is -2.24. The van der Waals surface area contributed by atoms with Crippen LogP contribution in [0.3, 0.4) is 0 Å². The number of hydrogen-bond donors (Lipinski definition) is 5. The fraction of sp³-hybridized carbons (Fsp3) is 0.324. The van der Waals surface area contributed by atoms with Crippen molar-refractivity contribution in [2.24, 2.45) is 11.8 Å². The number of fused-ring (bicyclic) bond motifs is 3. The van der Waals surface area contributed by atoms with Crippen LogP contribution in [0.1, 0.15) is 43.9 Å². The summed E-state index contributed by atoms with van der Waals surface area (Å²) in [6.45, 7) is 3.55. The zero-order chi connectivity index (χ0) is 29.8. The highest BCUT2D eigenvalue weighted by Gasteiger charge is 2.44. The number of aromatic nitrogens is 4. The fourth-order valence-corrected chi connectivity index (χ4v) is 6.79. The first kappa shape index (κ1) is 27.0. The molecule has 0 aromatic carbocycles. The smallest absolute Gasteiger partial charge is 0.184 e. The summed E-state index contributed by atoms with van der Waals surface area (Å²) in [4.78, 5) is 8.92. The quantitative estimate of drug-likeness (QED) is 0.233. The van der Waals surface area contributed by atoms with Gasteiger partial charge in [-0.05, 0) is 60.2 Å². The first-order chi connectivity index (χ1) is 21.5. The van der Waals surface area contributed by atoms with Gasteiger partial charge in [0.05, 0.1) is 28.5 Å². The molecule has 1 saturated heterocycles. The molecule has 0 spiro atoms. The molecule has 0 radical (unpaired) electrons. The zero-order valence-electron chi connectivity index (χ0n) is 24.4. The number of nitrogens with one attached hydrogen (secondary N) is 5. The summed E-state index contributed by atoms with van der Waals surface area (Å²) in [5.41, 5.74) is 7.23. The molecule has 3 aromatic rings. The van der Waals surface area contributed by atoms with Gasteiger partial charge in [-0.3, -0.25) is 10.1 Å². The molecule has 5 N–H and O–H groups in total. The summed E-state index contributed by atoms with van der Waals surface area (Å²) in [5.74, 6) is 0.927. The molecule has 3 aromatic heterocycles. The van der Waals surface area contributed by atoms with Gasteiger partial charge in [0, 0.05) is 54.0 Å². The van der Waals surface area contributed by atoms with Crippen LogP contribution < -0.4 is 21.3 Å². The second-order valence-corrected chi connectivity index (χ2v) is 12.3. The summed E-state index contributed by atoms with van der Waals surface area (Å²) in [6, 6.07) is 1.87. The number of aromatic amines is 1. The van der Waals surface area contributed by atoms with E-state index in [-0.39, 0.29) is 12.0 Å². The number of H-pyrrole nitrogens is 1. The van der Waals surface area contributed by atoms with Crippen LogP contribution in [0.4, 0.5) is 8.78 Å². The zero-order valence-corrected chi connectivity index (χ0v) is 24.4. The molecule has 6 heterocycles. The lowest BCUT2D eigenvalue weighted by molar-refractivity contribution is 0.332. The molecule has 5 aliphatic rings. The van der Waals surface area contributed by atoms with Crippen LogP contribution in [-0.2, 0) is 6.54 Å². The Labute approximate surface area is 254 Å². The third-order valence-electron chi connectivity index (χ3n) is 9.30. The molecular weight excluding hydrogens is 558 g/mol. The Balaban J connectivity index is 1.09. The van der Waals surface area contributed by atoms with E-state index in [1.54, 1.807) is 12.3 Å². The Morgan fingerprint density at radius 2 is 2.02 bits per heavy atom. The molecule has 224 valence electrons. The Morgan fingerprint density at radius 1 is 1.14 bits per heavy atom. The van der Waals surface area contributed by atoms with E-state index in [4.69, 9.17) is 0 Å². The summed E-state index contributed by atoms with van der Waals surface area (Å²) in [7, 11) is 0. The second kappa shape index (κ2) is 10.9. The number of pyridine rings is 2. The predicted molar refractivity (Wildman–Crippen MR) is 166 cm³/mol. The largest absolute Gasteiger partial charge is 0.372 e. The molecule has 8 rings (SSSR count). The molecule has 0 amide bonds. The lowest BCUT2D eigenvalue weighted by Crippen LogP contribution is -2.29. The maximum absolute atomic E-state index is 16.4. The van der Waals surface area contributed by atoms with Gasteiger partial charge in [0.15, 0.2) is 5.65 Å².